The molecule has 5 nitrogen and oxygen atoms in total. The predicted molar refractivity (Wildman–Crippen MR) is 94.8 cm³/mol. The summed E-state index contributed by atoms with van der Waals surface area (Å²) in [6.45, 7) is 3.77. The molecule has 1 aliphatic rings. The van der Waals surface area contributed by atoms with Gasteiger partial charge in [0.1, 0.15) is 5.01 Å². The van der Waals surface area contributed by atoms with Crippen molar-refractivity contribution >= 4 is 17.4 Å². The largest absolute Gasteiger partial charge is 0.378 e. The standard InChI is InChI=1S/C18H23N3O2S/c1-3-16-8-13-6-4-5-7-14(13)10-21(16)18(22)19-9-15-12-24-17(20-15)11-23-2/h4-7,12,16H,3,8-11H2,1-2H3,(H,19,22). The second-order valence-corrected chi connectivity index (χ2v) is 6.93. The van der Waals surface area contributed by atoms with Crippen LogP contribution < -0.4 is 5.32 Å². The van der Waals surface area contributed by atoms with Crippen molar-refractivity contribution in [1.82, 2.24) is 15.2 Å². The third kappa shape index (κ3) is 3.76. The van der Waals surface area contributed by atoms with Gasteiger partial charge in [-0.3, -0.25) is 0 Å². The van der Waals surface area contributed by atoms with Crippen LogP contribution in [0.1, 0.15) is 35.2 Å². The van der Waals surface area contributed by atoms with Gasteiger partial charge in [-0.05, 0) is 24.0 Å². The number of urea groups is 1. The molecule has 1 unspecified atom stereocenters. The van der Waals surface area contributed by atoms with Crippen molar-refractivity contribution in [1.29, 1.82) is 0 Å². The molecule has 0 radical (unpaired) electrons. The third-order valence-electron chi connectivity index (χ3n) is 4.38. The molecular formula is C18H23N3O2S. The second kappa shape index (κ2) is 7.77. The maximum absolute atomic E-state index is 12.6. The average molecular weight is 345 g/mol. The Labute approximate surface area is 146 Å². The van der Waals surface area contributed by atoms with Gasteiger partial charge in [0.05, 0.1) is 18.8 Å². The van der Waals surface area contributed by atoms with Gasteiger partial charge in [-0.15, -0.1) is 11.3 Å². The first-order chi connectivity index (χ1) is 11.7. The molecule has 2 aromatic rings. The van der Waals surface area contributed by atoms with E-state index in [0.717, 1.165) is 23.5 Å². The molecule has 0 saturated heterocycles. The zero-order chi connectivity index (χ0) is 16.9. The highest BCUT2D eigenvalue weighted by Crippen LogP contribution is 2.25. The summed E-state index contributed by atoms with van der Waals surface area (Å²) < 4.78 is 5.08. The van der Waals surface area contributed by atoms with Gasteiger partial charge >= 0.3 is 6.03 Å². The van der Waals surface area contributed by atoms with E-state index in [1.54, 1.807) is 18.4 Å². The van der Waals surface area contributed by atoms with Gasteiger partial charge in [-0.2, -0.15) is 0 Å². The van der Waals surface area contributed by atoms with Crippen LogP contribution in [0.2, 0.25) is 0 Å². The Kier molecular flexibility index (Phi) is 5.48. The van der Waals surface area contributed by atoms with Crippen LogP contribution in [0.4, 0.5) is 4.79 Å². The molecule has 0 spiro atoms. The minimum absolute atomic E-state index is 0.0161. The number of benzene rings is 1. The van der Waals surface area contributed by atoms with Crippen LogP contribution in [-0.2, 0) is 30.9 Å². The molecule has 0 aliphatic carbocycles. The van der Waals surface area contributed by atoms with Gasteiger partial charge in [-0.1, -0.05) is 31.2 Å². The number of thiazole rings is 1. The molecule has 1 aliphatic heterocycles. The number of nitrogens with zero attached hydrogens (tertiary/aromatic N) is 2. The van der Waals surface area contributed by atoms with Crippen molar-refractivity contribution in [2.24, 2.45) is 0 Å². The Morgan fingerprint density at radius 3 is 2.96 bits per heavy atom. The normalized spacial score (nSPS) is 16.8. The van der Waals surface area contributed by atoms with E-state index < -0.39 is 0 Å². The van der Waals surface area contributed by atoms with Crippen LogP contribution in [0.15, 0.2) is 29.6 Å². The number of hydrogen-bond acceptors (Lipinski definition) is 4. The Hall–Kier alpha value is -1.92. The van der Waals surface area contributed by atoms with E-state index >= 15 is 0 Å². The van der Waals surface area contributed by atoms with Gasteiger partial charge < -0.3 is 15.0 Å². The first-order valence-corrected chi connectivity index (χ1v) is 9.12. The van der Waals surface area contributed by atoms with E-state index in [4.69, 9.17) is 4.74 Å². The Balaban J connectivity index is 1.63. The zero-order valence-corrected chi connectivity index (χ0v) is 14.9. The van der Waals surface area contributed by atoms with Crippen LogP contribution in [0, 0.1) is 0 Å². The SMILES string of the molecule is CCC1Cc2ccccc2CN1C(=O)NCc1csc(COC)n1. The molecule has 0 fully saturated rings. The highest BCUT2D eigenvalue weighted by Gasteiger charge is 2.28. The highest BCUT2D eigenvalue weighted by atomic mass is 32.1. The van der Waals surface area contributed by atoms with Crippen LogP contribution >= 0.6 is 11.3 Å². The number of carbonyl (C=O) groups is 1. The molecule has 3 rings (SSSR count). The number of rotatable bonds is 5. The Bertz CT molecular complexity index is 701. The lowest BCUT2D eigenvalue weighted by Gasteiger charge is -2.36. The molecule has 6 heteroatoms. The third-order valence-corrected chi connectivity index (χ3v) is 5.25. The van der Waals surface area contributed by atoms with Crippen LogP contribution in [0.3, 0.4) is 0 Å². The van der Waals surface area contributed by atoms with Gasteiger partial charge in [-0.25, -0.2) is 9.78 Å². The summed E-state index contributed by atoms with van der Waals surface area (Å²) in [5.41, 5.74) is 3.48. The molecule has 2 amide bonds. The molecule has 24 heavy (non-hydrogen) atoms. The van der Waals surface area contributed by atoms with E-state index in [1.807, 2.05) is 16.3 Å². The lowest BCUT2D eigenvalue weighted by Crippen LogP contribution is -2.48. The monoisotopic (exact) mass is 345 g/mol. The summed E-state index contributed by atoms with van der Waals surface area (Å²) in [5, 5.41) is 5.91. The number of hydrogen-bond donors (Lipinski definition) is 1. The van der Waals surface area contributed by atoms with Crippen molar-refractivity contribution < 1.29 is 9.53 Å². The number of carbonyl (C=O) groups excluding carboxylic acids is 1. The Morgan fingerprint density at radius 1 is 1.42 bits per heavy atom. The number of aromatic nitrogens is 1. The fourth-order valence-electron chi connectivity index (χ4n) is 3.08. The van der Waals surface area contributed by atoms with Crippen molar-refractivity contribution in [3.05, 3.63) is 51.5 Å². The minimum Gasteiger partial charge on any atom is -0.378 e. The first kappa shape index (κ1) is 16.9. The summed E-state index contributed by atoms with van der Waals surface area (Å²) in [6.07, 6.45) is 1.88. The number of nitrogens with one attached hydrogen (secondary N) is 1. The average Bonchev–Trinajstić information content (AvgIpc) is 3.06. The molecule has 0 saturated carbocycles. The number of fused-ring (bicyclic) bond motifs is 1. The van der Waals surface area contributed by atoms with Gasteiger partial charge in [0.2, 0.25) is 0 Å². The molecule has 2 heterocycles. The maximum Gasteiger partial charge on any atom is 0.318 e. The van der Waals surface area contributed by atoms with E-state index in [-0.39, 0.29) is 12.1 Å². The van der Waals surface area contributed by atoms with Crippen LogP contribution in [0.25, 0.3) is 0 Å². The van der Waals surface area contributed by atoms with E-state index in [0.29, 0.717) is 19.7 Å². The first-order valence-electron chi connectivity index (χ1n) is 8.24. The minimum atomic E-state index is -0.0161. The lowest BCUT2D eigenvalue weighted by atomic mass is 9.93. The molecule has 1 aromatic carbocycles. The summed E-state index contributed by atoms with van der Waals surface area (Å²) >= 11 is 1.56. The fourth-order valence-corrected chi connectivity index (χ4v) is 3.84. The summed E-state index contributed by atoms with van der Waals surface area (Å²) in [4.78, 5) is 19.1. The van der Waals surface area contributed by atoms with Gasteiger partial charge in [0.25, 0.3) is 0 Å². The summed E-state index contributed by atoms with van der Waals surface area (Å²) in [7, 11) is 1.65. The number of ether oxygens (including phenoxy) is 1. The quantitative estimate of drug-likeness (QED) is 0.904. The highest BCUT2D eigenvalue weighted by molar-refractivity contribution is 7.09. The van der Waals surface area contributed by atoms with Crippen LogP contribution in [-0.4, -0.2) is 29.1 Å². The number of amides is 2. The molecule has 1 N–H and O–H groups in total. The fraction of sp³-hybridized carbons (Fsp3) is 0.444. The van der Waals surface area contributed by atoms with Crippen LogP contribution in [0.5, 0.6) is 0 Å². The van der Waals surface area contributed by atoms with Gasteiger partial charge in [0.15, 0.2) is 0 Å². The zero-order valence-electron chi connectivity index (χ0n) is 14.1. The van der Waals surface area contributed by atoms with Crippen molar-refractivity contribution in [2.45, 2.75) is 45.5 Å². The lowest BCUT2D eigenvalue weighted by molar-refractivity contribution is 0.160. The molecular weight excluding hydrogens is 322 g/mol. The van der Waals surface area contributed by atoms with E-state index in [2.05, 4.69) is 35.4 Å². The molecule has 128 valence electrons. The summed E-state index contributed by atoms with van der Waals surface area (Å²) in [6, 6.07) is 8.62. The van der Waals surface area contributed by atoms with Crippen molar-refractivity contribution in [2.75, 3.05) is 7.11 Å². The molecule has 1 aromatic heterocycles. The van der Waals surface area contributed by atoms with E-state index in [9.17, 15) is 4.79 Å². The molecule has 0 bridgehead atoms. The predicted octanol–water partition coefficient (Wildman–Crippen LogP) is 3.34. The molecule has 1 atom stereocenters. The van der Waals surface area contributed by atoms with Crippen molar-refractivity contribution in [3.63, 3.8) is 0 Å². The topological polar surface area (TPSA) is 54.5 Å². The maximum atomic E-state index is 12.6. The van der Waals surface area contributed by atoms with Gasteiger partial charge in [0, 0.05) is 25.1 Å². The van der Waals surface area contributed by atoms with Crippen molar-refractivity contribution in [3.8, 4) is 0 Å². The summed E-state index contributed by atoms with van der Waals surface area (Å²) in [5.74, 6) is 0. The second-order valence-electron chi connectivity index (χ2n) is 5.99. The number of methoxy groups -OCH3 is 1. The Morgan fingerprint density at radius 2 is 2.21 bits per heavy atom. The van der Waals surface area contributed by atoms with E-state index in [1.165, 1.54) is 11.1 Å². The smallest absolute Gasteiger partial charge is 0.318 e.